The van der Waals surface area contributed by atoms with Crippen molar-refractivity contribution in [2.45, 2.75) is 45.1 Å². The minimum atomic E-state index is -0.0231. The first kappa shape index (κ1) is 19.8. The number of aromatic nitrogens is 4. The zero-order chi connectivity index (χ0) is 21.2. The standard InChI is InChI=1S/C24H28N6O/c25-13-16-6-8-18-20(10-16)29-22(27-18)12-23-28-19-9-7-17(11-21(19)30-23)24(31)26-14-15-4-2-1-3-5-15/h6-11,15H,1-5,12-14,25H2,(H,26,31)(H,27,29)(H,28,30). The van der Waals surface area contributed by atoms with E-state index in [1.807, 2.05) is 36.4 Å². The Labute approximate surface area is 180 Å². The molecule has 2 aromatic heterocycles. The minimum Gasteiger partial charge on any atom is -0.352 e. The fourth-order valence-electron chi connectivity index (χ4n) is 4.49. The third-order valence-corrected chi connectivity index (χ3v) is 6.24. The second-order valence-electron chi connectivity index (χ2n) is 8.55. The molecule has 0 aliphatic heterocycles. The molecular weight excluding hydrogens is 388 g/mol. The summed E-state index contributed by atoms with van der Waals surface area (Å²) in [5.74, 6) is 2.25. The normalized spacial score (nSPS) is 15.0. The Morgan fingerprint density at radius 1 is 0.968 bits per heavy atom. The minimum absolute atomic E-state index is 0.0231. The average molecular weight is 417 g/mol. The maximum absolute atomic E-state index is 12.6. The first-order valence-electron chi connectivity index (χ1n) is 11.1. The number of amides is 1. The molecule has 0 saturated heterocycles. The molecule has 4 aromatic rings. The van der Waals surface area contributed by atoms with E-state index in [0.29, 0.717) is 24.4 Å². The number of carbonyl (C=O) groups excluding carboxylic acids is 1. The number of benzene rings is 2. The van der Waals surface area contributed by atoms with Crippen molar-refractivity contribution < 1.29 is 4.79 Å². The van der Waals surface area contributed by atoms with E-state index in [9.17, 15) is 4.79 Å². The van der Waals surface area contributed by atoms with Gasteiger partial charge in [-0.25, -0.2) is 9.97 Å². The van der Waals surface area contributed by atoms with Crippen LogP contribution in [0.2, 0.25) is 0 Å². The maximum Gasteiger partial charge on any atom is 0.251 e. The van der Waals surface area contributed by atoms with Crippen molar-refractivity contribution in [2.75, 3.05) is 6.54 Å². The van der Waals surface area contributed by atoms with Crippen molar-refractivity contribution in [2.24, 2.45) is 11.7 Å². The third-order valence-electron chi connectivity index (χ3n) is 6.24. The summed E-state index contributed by atoms with van der Waals surface area (Å²) in [6.45, 7) is 1.26. The summed E-state index contributed by atoms with van der Waals surface area (Å²) in [5, 5.41) is 3.10. The Hall–Kier alpha value is -3.19. The topological polar surface area (TPSA) is 112 Å². The van der Waals surface area contributed by atoms with Crippen LogP contribution in [0.1, 0.15) is 59.7 Å². The molecule has 2 aromatic carbocycles. The molecule has 1 aliphatic carbocycles. The van der Waals surface area contributed by atoms with Crippen LogP contribution in [0.25, 0.3) is 22.1 Å². The number of rotatable bonds is 6. The molecule has 2 heterocycles. The maximum atomic E-state index is 12.6. The van der Waals surface area contributed by atoms with Gasteiger partial charge in [-0.3, -0.25) is 4.79 Å². The molecule has 5 N–H and O–H groups in total. The fraction of sp³-hybridized carbons (Fsp3) is 0.375. The lowest BCUT2D eigenvalue weighted by Gasteiger charge is -2.21. The van der Waals surface area contributed by atoms with Crippen LogP contribution < -0.4 is 11.1 Å². The molecule has 0 atom stereocenters. The van der Waals surface area contributed by atoms with Gasteiger partial charge >= 0.3 is 0 Å². The van der Waals surface area contributed by atoms with Crippen LogP contribution in [0.15, 0.2) is 36.4 Å². The molecule has 7 nitrogen and oxygen atoms in total. The molecule has 0 unspecified atom stereocenters. The highest BCUT2D eigenvalue weighted by atomic mass is 16.1. The Morgan fingerprint density at radius 3 is 2.35 bits per heavy atom. The van der Waals surface area contributed by atoms with E-state index in [-0.39, 0.29) is 5.91 Å². The van der Waals surface area contributed by atoms with Crippen LogP contribution in [0.3, 0.4) is 0 Å². The number of nitrogens with two attached hydrogens (primary N) is 1. The SMILES string of the molecule is NCc1ccc2[nH]c(Cc3nc4cc(C(=O)NCC5CCCCC5)ccc4[nH]3)nc2c1. The van der Waals surface area contributed by atoms with Gasteiger partial charge in [0, 0.05) is 18.7 Å². The van der Waals surface area contributed by atoms with Gasteiger partial charge in [0.05, 0.1) is 28.5 Å². The Bertz CT molecular complexity index is 1220. The predicted molar refractivity (Wildman–Crippen MR) is 122 cm³/mol. The smallest absolute Gasteiger partial charge is 0.251 e. The van der Waals surface area contributed by atoms with Gasteiger partial charge in [-0.05, 0) is 54.7 Å². The molecule has 0 radical (unpaired) electrons. The molecule has 0 spiro atoms. The molecule has 31 heavy (non-hydrogen) atoms. The molecule has 7 heteroatoms. The van der Waals surface area contributed by atoms with Crippen molar-refractivity contribution in [1.29, 1.82) is 0 Å². The van der Waals surface area contributed by atoms with Crippen molar-refractivity contribution in [3.8, 4) is 0 Å². The number of aromatic amines is 2. The molecule has 1 saturated carbocycles. The molecule has 1 fully saturated rings. The monoisotopic (exact) mass is 416 g/mol. The fourth-order valence-corrected chi connectivity index (χ4v) is 4.49. The lowest BCUT2D eigenvalue weighted by atomic mass is 9.89. The molecule has 0 bridgehead atoms. The summed E-state index contributed by atoms with van der Waals surface area (Å²) < 4.78 is 0. The van der Waals surface area contributed by atoms with Gasteiger partial charge in [-0.15, -0.1) is 0 Å². The molecule has 1 amide bonds. The van der Waals surface area contributed by atoms with Gasteiger partial charge in [0.2, 0.25) is 0 Å². The number of carbonyl (C=O) groups is 1. The summed E-state index contributed by atoms with van der Waals surface area (Å²) in [5.41, 5.74) is 11.0. The summed E-state index contributed by atoms with van der Waals surface area (Å²) in [6.07, 6.45) is 6.88. The number of nitrogens with one attached hydrogen (secondary N) is 3. The van der Waals surface area contributed by atoms with Crippen LogP contribution in [-0.2, 0) is 13.0 Å². The number of hydrogen-bond acceptors (Lipinski definition) is 4. The van der Waals surface area contributed by atoms with Crippen LogP contribution in [0, 0.1) is 5.92 Å². The Morgan fingerprint density at radius 2 is 1.65 bits per heavy atom. The number of hydrogen-bond donors (Lipinski definition) is 4. The molecule has 5 rings (SSSR count). The highest BCUT2D eigenvalue weighted by Gasteiger charge is 2.16. The van der Waals surface area contributed by atoms with Gasteiger partial charge in [-0.1, -0.05) is 25.3 Å². The van der Waals surface area contributed by atoms with E-state index in [1.54, 1.807) is 0 Å². The highest BCUT2D eigenvalue weighted by molar-refractivity contribution is 5.97. The van der Waals surface area contributed by atoms with Crippen molar-refractivity contribution in [3.63, 3.8) is 0 Å². The Kier molecular flexibility index (Phi) is 5.42. The second kappa shape index (κ2) is 8.51. The summed E-state index contributed by atoms with van der Waals surface area (Å²) in [6, 6.07) is 11.7. The number of H-pyrrole nitrogens is 2. The molecule has 160 valence electrons. The third kappa shape index (κ3) is 4.32. The van der Waals surface area contributed by atoms with E-state index in [2.05, 4.69) is 25.3 Å². The van der Waals surface area contributed by atoms with Crippen LogP contribution in [0.4, 0.5) is 0 Å². The highest BCUT2D eigenvalue weighted by Crippen LogP contribution is 2.23. The summed E-state index contributed by atoms with van der Waals surface area (Å²) >= 11 is 0. The van der Waals surface area contributed by atoms with E-state index in [4.69, 9.17) is 5.73 Å². The van der Waals surface area contributed by atoms with E-state index in [0.717, 1.165) is 45.8 Å². The van der Waals surface area contributed by atoms with Gasteiger partial charge in [0.1, 0.15) is 11.6 Å². The summed E-state index contributed by atoms with van der Waals surface area (Å²) in [4.78, 5) is 28.6. The largest absolute Gasteiger partial charge is 0.352 e. The second-order valence-corrected chi connectivity index (χ2v) is 8.55. The van der Waals surface area contributed by atoms with Gasteiger partial charge in [0.15, 0.2) is 0 Å². The van der Waals surface area contributed by atoms with Gasteiger partial charge < -0.3 is 21.0 Å². The zero-order valence-electron chi connectivity index (χ0n) is 17.6. The first-order valence-corrected chi connectivity index (χ1v) is 11.1. The summed E-state index contributed by atoms with van der Waals surface area (Å²) in [7, 11) is 0. The van der Waals surface area contributed by atoms with Crippen molar-refractivity contribution in [3.05, 3.63) is 59.2 Å². The zero-order valence-corrected chi connectivity index (χ0v) is 17.6. The number of imidazole rings is 2. The predicted octanol–water partition coefficient (Wildman–Crippen LogP) is 3.80. The molecular formula is C24H28N6O. The van der Waals surface area contributed by atoms with E-state index < -0.39 is 0 Å². The van der Waals surface area contributed by atoms with Crippen LogP contribution in [-0.4, -0.2) is 32.4 Å². The molecule has 1 aliphatic rings. The lowest BCUT2D eigenvalue weighted by Crippen LogP contribution is -2.30. The Balaban J connectivity index is 1.29. The average Bonchev–Trinajstić information content (AvgIpc) is 3.39. The quantitative estimate of drug-likeness (QED) is 0.383. The van der Waals surface area contributed by atoms with E-state index >= 15 is 0 Å². The van der Waals surface area contributed by atoms with Crippen molar-refractivity contribution >= 4 is 28.0 Å². The van der Waals surface area contributed by atoms with Gasteiger partial charge in [-0.2, -0.15) is 0 Å². The van der Waals surface area contributed by atoms with Gasteiger partial charge in [0.25, 0.3) is 5.91 Å². The number of nitrogens with zero attached hydrogens (tertiary/aromatic N) is 2. The van der Waals surface area contributed by atoms with Crippen molar-refractivity contribution in [1.82, 2.24) is 25.3 Å². The van der Waals surface area contributed by atoms with Crippen LogP contribution in [0.5, 0.6) is 0 Å². The number of fused-ring (bicyclic) bond motifs is 2. The van der Waals surface area contributed by atoms with Crippen LogP contribution >= 0.6 is 0 Å². The first-order chi connectivity index (χ1) is 15.2. The lowest BCUT2D eigenvalue weighted by molar-refractivity contribution is 0.0943. The van der Waals surface area contributed by atoms with E-state index in [1.165, 1.54) is 32.1 Å².